The van der Waals surface area contributed by atoms with Crippen LogP contribution < -0.4 is 10.3 Å². The van der Waals surface area contributed by atoms with Crippen molar-refractivity contribution in [2.24, 2.45) is 0 Å². The van der Waals surface area contributed by atoms with Crippen LogP contribution in [0.5, 0.6) is 0 Å². The van der Waals surface area contributed by atoms with Crippen LogP contribution in [0.25, 0.3) is 10.9 Å². The van der Waals surface area contributed by atoms with Crippen molar-refractivity contribution in [2.45, 2.75) is 13.5 Å². The van der Waals surface area contributed by atoms with E-state index in [1.165, 1.54) is 6.20 Å². The average Bonchev–Trinajstić information content (AvgIpc) is 2.62. The molecule has 1 aliphatic rings. The summed E-state index contributed by atoms with van der Waals surface area (Å²) in [7, 11) is 2.01. The number of carbonyl (C=O) groups excluding carboxylic acids is 1. The topological polar surface area (TPSA) is 54.8 Å². The first-order chi connectivity index (χ1) is 12.0. The number of rotatable bonds is 3. The lowest BCUT2D eigenvalue weighted by Gasteiger charge is -2.34. The van der Waals surface area contributed by atoms with Crippen LogP contribution in [0.2, 0.25) is 0 Å². The van der Waals surface area contributed by atoms with Gasteiger partial charge in [-0.3, -0.25) is 4.79 Å². The molecule has 2 aromatic rings. The highest BCUT2D eigenvalue weighted by atomic mass is 19.3. The minimum Gasteiger partial charge on any atom is -0.367 e. The van der Waals surface area contributed by atoms with Gasteiger partial charge in [0.25, 0.3) is 0 Å². The number of piperazine rings is 1. The number of fused-ring (bicyclic) bond motifs is 1. The fourth-order valence-corrected chi connectivity index (χ4v) is 3.14. The standard InChI is InChI=1S/C17H19F2N3O3/c1-3-21-10-12(17(24)25-19)16(23)11-8-13(18)15(9-14(11)21)22-6-4-20(2)5-7-22/h8-10H,3-7H2,1-2H3. The Morgan fingerprint density at radius 2 is 1.92 bits per heavy atom. The van der Waals surface area contributed by atoms with E-state index < -0.39 is 22.8 Å². The predicted octanol–water partition coefficient (Wildman–Crippen LogP) is 1.95. The van der Waals surface area contributed by atoms with E-state index in [0.29, 0.717) is 30.8 Å². The average molecular weight is 351 g/mol. The van der Waals surface area contributed by atoms with Crippen molar-refractivity contribution in [2.75, 3.05) is 38.1 Å². The Balaban J connectivity index is 2.17. The molecule has 6 nitrogen and oxygen atoms in total. The molecule has 3 rings (SSSR count). The number of anilines is 1. The van der Waals surface area contributed by atoms with Gasteiger partial charge in [0.2, 0.25) is 5.43 Å². The molecule has 0 saturated carbocycles. The highest BCUT2D eigenvalue weighted by molar-refractivity contribution is 5.94. The van der Waals surface area contributed by atoms with Crippen molar-refractivity contribution < 1.29 is 18.7 Å². The van der Waals surface area contributed by atoms with Crippen LogP contribution in [-0.4, -0.2) is 48.7 Å². The van der Waals surface area contributed by atoms with Gasteiger partial charge in [0.05, 0.1) is 11.2 Å². The number of hydrogen-bond donors (Lipinski definition) is 0. The first-order valence-corrected chi connectivity index (χ1v) is 8.09. The summed E-state index contributed by atoms with van der Waals surface area (Å²) in [5.74, 6) is -1.92. The Kier molecular flexibility index (Phi) is 4.71. The predicted molar refractivity (Wildman–Crippen MR) is 90.1 cm³/mol. The van der Waals surface area contributed by atoms with Crippen LogP contribution in [0.4, 0.5) is 14.6 Å². The summed E-state index contributed by atoms with van der Waals surface area (Å²) in [4.78, 5) is 31.1. The molecule has 1 aromatic heterocycles. The molecule has 134 valence electrons. The monoisotopic (exact) mass is 351 g/mol. The van der Waals surface area contributed by atoms with Gasteiger partial charge in [-0.1, -0.05) is 0 Å². The quantitative estimate of drug-likeness (QED) is 0.846. The molecule has 0 aliphatic carbocycles. The lowest BCUT2D eigenvalue weighted by atomic mass is 10.1. The maximum absolute atomic E-state index is 14.6. The molecule has 2 heterocycles. The third-order valence-electron chi connectivity index (χ3n) is 4.62. The second-order valence-electron chi connectivity index (χ2n) is 6.13. The van der Waals surface area contributed by atoms with Gasteiger partial charge in [-0.05, 0) is 26.1 Å². The van der Waals surface area contributed by atoms with Gasteiger partial charge in [-0.15, -0.1) is 0 Å². The zero-order valence-corrected chi connectivity index (χ0v) is 14.1. The summed E-state index contributed by atoms with van der Waals surface area (Å²) in [6, 6.07) is 2.73. The van der Waals surface area contributed by atoms with Gasteiger partial charge in [0.1, 0.15) is 11.4 Å². The number of hydrogen-bond acceptors (Lipinski definition) is 5. The molecule has 1 aromatic carbocycles. The molecule has 0 radical (unpaired) electrons. The SMILES string of the molecule is CCn1cc(C(=O)OF)c(=O)c2cc(F)c(N3CCN(C)CC3)cc21. The second kappa shape index (κ2) is 6.79. The molecule has 1 aliphatic heterocycles. The second-order valence-corrected chi connectivity index (χ2v) is 6.13. The number of pyridine rings is 1. The van der Waals surface area contributed by atoms with Gasteiger partial charge >= 0.3 is 5.97 Å². The maximum atomic E-state index is 14.6. The van der Waals surface area contributed by atoms with Crippen molar-refractivity contribution >= 4 is 22.6 Å². The van der Waals surface area contributed by atoms with Gasteiger partial charge in [-0.25, -0.2) is 14.1 Å². The molecule has 1 saturated heterocycles. The normalized spacial score (nSPS) is 15.6. The van der Waals surface area contributed by atoms with Crippen LogP contribution in [0.3, 0.4) is 0 Å². The Labute approximate surface area is 143 Å². The van der Waals surface area contributed by atoms with E-state index >= 15 is 0 Å². The van der Waals surface area contributed by atoms with E-state index in [0.717, 1.165) is 19.2 Å². The van der Waals surface area contributed by atoms with Crippen LogP contribution in [0.1, 0.15) is 17.3 Å². The number of aryl methyl sites for hydroxylation is 1. The molecule has 0 bridgehead atoms. The maximum Gasteiger partial charge on any atom is 0.384 e. The number of halogens is 2. The summed E-state index contributed by atoms with van der Waals surface area (Å²) < 4.78 is 28.5. The molecule has 0 unspecified atom stereocenters. The smallest absolute Gasteiger partial charge is 0.367 e. The van der Waals surface area contributed by atoms with Crippen LogP contribution in [0, 0.1) is 5.82 Å². The third kappa shape index (κ3) is 3.09. The molecular weight excluding hydrogens is 332 g/mol. The lowest BCUT2D eigenvalue weighted by molar-refractivity contribution is -0.0789. The van der Waals surface area contributed by atoms with Crippen molar-refractivity contribution in [3.8, 4) is 0 Å². The first-order valence-electron chi connectivity index (χ1n) is 8.09. The third-order valence-corrected chi connectivity index (χ3v) is 4.62. The van der Waals surface area contributed by atoms with Crippen molar-refractivity contribution in [1.82, 2.24) is 9.47 Å². The van der Waals surface area contributed by atoms with E-state index in [9.17, 15) is 18.5 Å². The highest BCUT2D eigenvalue weighted by Crippen LogP contribution is 2.26. The van der Waals surface area contributed by atoms with Gasteiger partial charge in [0, 0.05) is 48.8 Å². The minimum atomic E-state index is -1.38. The van der Waals surface area contributed by atoms with E-state index in [-0.39, 0.29) is 5.39 Å². The number of nitrogens with zero attached hydrogens (tertiary/aromatic N) is 3. The minimum absolute atomic E-state index is 0.0279. The van der Waals surface area contributed by atoms with E-state index in [1.807, 2.05) is 18.9 Å². The van der Waals surface area contributed by atoms with E-state index in [1.54, 1.807) is 10.6 Å². The fourth-order valence-electron chi connectivity index (χ4n) is 3.14. The summed E-state index contributed by atoms with van der Waals surface area (Å²) in [5.41, 5.74) is -0.281. The van der Waals surface area contributed by atoms with E-state index in [2.05, 4.69) is 9.84 Å². The van der Waals surface area contributed by atoms with Crippen molar-refractivity contribution in [3.05, 3.63) is 39.9 Å². The molecule has 0 amide bonds. The Hall–Kier alpha value is -2.48. The molecule has 0 N–H and O–H groups in total. The molecule has 25 heavy (non-hydrogen) atoms. The zero-order valence-electron chi connectivity index (χ0n) is 14.1. The van der Waals surface area contributed by atoms with Crippen LogP contribution >= 0.6 is 0 Å². The molecule has 8 heteroatoms. The number of aromatic nitrogens is 1. The number of likely N-dealkylation sites (N-methyl/N-ethyl adjacent to an activating group) is 1. The van der Waals surface area contributed by atoms with Crippen molar-refractivity contribution in [1.29, 1.82) is 0 Å². The fraction of sp³-hybridized carbons (Fsp3) is 0.412. The Morgan fingerprint density at radius 1 is 1.24 bits per heavy atom. The van der Waals surface area contributed by atoms with Gasteiger partial charge in [0.15, 0.2) is 0 Å². The lowest BCUT2D eigenvalue weighted by Crippen LogP contribution is -2.44. The Morgan fingerprint density at radius 3 is 2.52 bits per heavy atom. The van der Waals surface area contributed by atoms with Gasteiger partial charge < -0.3 is 14.4 Å². The van der Waals surface area contributed by atoms with Gasteiger partial charge in [-0.2, -0.15) is 0 Å². The summed E-state index contributed by atoms with van der Waals surface area (Å²) in [6.07, 6.45) is 1.25. The summed E-state index contributed by atoms with van der Waals surface area (Å²) in [6.45, 7) is 5.24. The first kappa shape index (κ1) is 17.3. The molecule has 1 fully saturated rings. The van der Waals surface area contributed by atoms with Crippen molar-refractivity contribution in [3.63, 3.8) is 0 Å². The molecule has 0 atom stereocenters. The van der Waals surface area contributed by atoms with Crippen LogP contribution in [-0.2, 0) is 11.5 Å². The largest absolute Gasteiger partial charge is 0.384 e. The number of benzene rings is 1. The molecular formula is C17H19F2N3O3. The molecule has 0 spiro atoms. The number of carbonyl (C=O) groups is 1. The zero-order chi connectivity index (χ0) is 18.1. The summed E-state index contributed by atoms with van der Waals surface area (Å²) in [5, 5.41) is 0.0279. The highest BCUT2D eigenvalue weighted by Gasteiger charge is 2.22. The van der Waals surface area contributed by atoms with Crippen LogP contribution in [0.15, 0.2) is 23.1 Å². The van der Waals surface area contributed by atoms with E-state index in [4.69, 9.17) is 0 Å². The summed E-state index contributed by atoms with van der Waals surface area (Å²) >= 11 is 0. The Bertz CT molecular complexity index is 874.